The largest absolute Gasteiger partial charge is 1.00 e. The minimum atomic E-state index is -1.02. The first-order valence-electron chi connectivity index (χ1n) is 12.9. The van der Waals surface area contributed by atoms with Crippen LogP contribution in [0.25, 0.3) is 16.3 Å². The van der Waals surface area contributed by atoms with Gasteiger partial charge in [0.05, 0.1) is 10.7 Å². The number of hydrogen-bond acceptors (Lipinski definition) is 3. The normalized spacial score (nSPS) is 15.2. The Morgan fingerprint density at radius 2 is 1.53 bits per heavy atom. The zero-order valence-electron chi connectivity index (χ0n) is 22.7. The SMILES string of the molecule is C[Si](C)(C)CCCN1C(=CC=Cc2sc3ccccc3[n+]2CCC[Si](C)(C)C)Sc2ccccc21.[I-]. The molecule has 0 fully saturated rings. The molecule has 1 aliphatic rings. The number of aromatic nitrogens is 1. The van der Waals surface area contributed by atoms with Crippen LogP contribution in [0.4, 0.5) is 5.69 Å². The van der Waals surface area contributed by atoms with E-state index in [0.717, 1.165) is 13.1 Å². The number of thiazole rings is 1. The summed E-state index contributed by atoms with van der Waals surface area (Å²) in [7, 11) is -2.05. The van der Waals surface area contributed by atoms with E-state index in [0.29, 0.717) is 0 Å². The molecular weight excluding hydrogens is 624 g/mol. The minimum Gasteiger partial charge on any atom is -1.00 e. The van der Waals surface area contributed by atoms with Gasteiger partial charge < -0.3 is 28.9 Å². The third-order valence-corrected chi connectivity index (χ3v) is 12.3. The van der Waals surface area contributed by atoms with Gasteiger partial charge in [0.2, 0.25) is 5.52 Å². The zero-order valence-corrected chi connectivity index (χ0v) is 28.5. The van der Waals surface area contributed by atoms with E-state index in [1.165, 1.54) is 55.8 Å². The van der Waals surface area contributed by atoms with Gasteiger partial charge in [0.15, 0.2) is 0 Å². The number of benzene rings is 2. The highest BCUT2D eigenvalue weighted by Crippen LogP contribution is 2.46. The Kier molecular flexibility index (Phi) is 10.5. The number of nitrogens with zero attached hydrogens (tertiary/aromatic N) is 2. The Morgan fingerprint density at radius 3 is 2.28 bits per heavy atom. The van der Waals surface area contributed by atoms with Gasteiger partial charge in [-0.05, 0) is 30.7 Å². The summed E-state index contributed by atoms with van der Waals surface area (Å²) in [6.07, 6.45) is 9.46. The van der Waals surface area contributed by atoms with Crippen LogP contribution in [0.1, 0.15) is 17.8 Å². The quantitative estimate of drug-likeness (QED) is 0.147. The lowest BCUT2D eigenvalue weighted by molar-refractivity contribution is -0.668. The van der Waals surface area contributed by atoms with Crippen LogP contribution in [0.5, 0.6) is 0 Å². The average molecular weight is 665 g/mol. The lowest BCUT2D eigenvalue weighted by Gasteiger charge is -2.22. The van der Waals surface area contributed by atoms with Crippen LogP contribution >= 0.6 is 23.1 Å². The van der Waals surface area contributed by atoms with Crippen molar-refractivity contribution in [2.45, 2.75) is 75.7 Å². The van der Waals surface area contributed by atoms with Crippen molar-refractivity contribution >= 4 is 61.2 Å². The molecule has 0 bridgehead atoms. The fraction of sp³-hybridized carbons (Fsp3) is 0.414. The maximum atomic E-state index is 2.54. The minimum absolute atomic E-state index is 0. The highest BCUT2D eigenvalue weighted by molar-refractivity contribution is 8.03. The van der Waals surface area contributed by atoms with Crippen LogP contribution in [0.15, 0.2) is 70.6 Å². The van der Waals surface area contributed by atoms with Gasteiger partial charge in [-0.15, -0.1) is 0 Å². The number of para-hydroxylation sites is 2. The predicted octanol–water partition coefficient (Wildman–Crippen LogP) is 6.12. The topological polar surface area (TPSA) is 7.12 Å². The molecule has 194 valence electrons. The molecule has 4 rings (SSSR count). The summed E-state index contributed by atoms with van der Waals surface area (Å²) >= 11 is 3.82. The van der Waals surface area contributed by atoms with Crippen LogP contribution in [-0.4, -0.2) is 22.7 Å². The molecule has 2 nitrogen and oxygen atoms in total. The van der Waals surface area contributed by atoms with Gasteiger partial charge in [-0.1, -0.05) is 105 Å². The molecule has 0 saturated heterocycles. The molecule has 2 heterocycles. The van der Waals surface area contributed by atoms with E-state index < -0.39 is 16.1 Å². The van der Waals surface area contributed by atoms with Crippen molar-refractivity contribution in [3.63, 3.8) is 0 Å². The van der Waals surface area contributed by atoms with Crippen molar-refractivity contribution in [2.24, 2.45) is 0 Å². The van der Waals surface area contributed by atoms with E-state index in [1.54, 1.807) is 0 Å². The molecule has 0 saturated carbocycles. The Bertz CT molecular complexity index is 1220. The molecule has 7 heteroatoms. The number of fused-ring (bicyclic) bond motifs is 2. The van der Waals surface area contributed by atoms with Gasteiger partial charge in [0.1, 0.15) is 11.2 Å². The Labute approximate surface area is 245 Å². The Balaban J connectivity index is 0.00000361. The highest BCUT2D eigenvalue weighted by atomic mass is 127. The molecule has 0 N–H and O–H groups in total. The molecule has 2 aromatic carbocycles. The number of hydrogen-bond donors (Lipinski definition) is 0. The van der Waals surface area contributed by atoms with Gasteiger partial charge in [0.25, 0.3) is 5.01 Å². The lowest BCUT2D eigenvalue weighted by Crippen LogP contribution is -3.00. The van der Waals surface area contributed by atoms with E-state index in [4.69, 9.17) is 0 Å². The van der Waals surface area contributed by atoms with Crippen LogP contribution in [0.2, 0.25) is 51.4 Å². The van der Waals surface area contributed by atoms with Crippen molar-refractivity contribution in [1.82, 2.24) is 0 Å². The molecule has 0 amide bonds. The Hall–Kier alpha value is -0.876. The summed E-state index contributed by atoms with van der Waals surface area (Å²) in [6.45, 7) is 17.1. The highest BCUT2D eigenvalue weighted by Gasteiger charge is 2.25. The molecule has 1 aromatic heterocycles. The fourth-order valence-electron chi connectivity index (χ4n) is 4.56. The van der Waals surface area contributed by atoms with Crippen molar-refractivity contribution < 1.29 is 28.5 Å². The molecule has 0 atom stereocenters. The number of thioether (sulfide) groups is 1. The van der Waals surface area contributed by atoms with E-state index in [-0.39, 0.29) is 24.0 Å². The maximum absolute atomic E-state index is 2.54. The first kappa shape index (κ1) is 29.7. The van der Waals surface area contributed by atoms with Gasteiger partial charge in [-0.25, -0.2) is 0 Å². The lowest BCUT2D eigenvalue weighted by atomic mass is 10.3. The van der Waals surface area contributed by atoms with Crippen molar-refractivity contribution in [3.05, 3.63) is 70.7 Å². The summed E-state index contributed by atoms with van der Waals surface area (Å²) < 4.78 is 3.92. The summed E-state index contributed by atoms with van der Waals surface area (Å²) in [5, 5.41) is 2.70. The van der Waals surface area contributed by atoms with E-state index in [1.807, 2.05) is 23.1 Å². The zero-order chi connectivity index (χ0) is 25.1. The first-order valence-corrected chi connectivity index (χ1v) is 22.0. The van der Waals surface area contributed by atoms with Crippen LogP contribution < -0.4 is 33.4 Å². The molecule has 0 radical (unpaired) electrons. The molecule has 0 unspecified atom stereocenters. The monoisotopic (exact) mass is 664 g/mol. The summed E-state index contributed by atoms with van der Waals surface area (Å²) in [5.41, 5.74) is 2.74. The number of anilines is 1. The average Bonchev–Trinajstić information content (AvgIpc) is 3.30. The fourth-order valence-corrected chi connectivity index (χ4v) is 9.20. The van der Waals surface area contributed by atoms with Gasteiger partial charge >= 0.3 is 0 Å². The summed E-state index contributed by atoms with van der Waals surface area (Å²) in [4.78, 5) is 3.92. The van der Waals surface area contributed by atoms with Crippen molar-refractivity contribution in [3.8, 4) is 0 Å². The summed E-state index contributed by atoms with van der Waals surface area (Å²) in [5.74, 6) is 0. The predicted molar refractivity (Wildman–Crippen MR) is 164 cm³/mol. The molecule has 3 aromatic rings. The standard InChI is InChI=1S/C29H41N2S2Si2.HI/c1-34(2,3)22-12-20-30-24-14-7-9-16-26(24)32-28(30)18-11-19-29-31(21-13-23-35(4,5)6)25-15-8-10-17-27(25)33-29;/h7-11,14-19H,12-13,20-23H2,1-6H3;1H/q+1;/p-1. The number of allylic oxidation sites excluding steroid dienone is 2. The third kappa shape index (κ3) is 8.06. The summed E-state index contributed by atoms with van der Waals surface area (Å²) in [6, 6.07) is 20.5. The van der Waals surface area contributed by atoms with Gasteiger partial charge in [-0.3, -0.25) is 0 Å². The molecule has 0 aliphatic carbocycles. The third-order valence-electron chi connectivity index (χ3n) is 6.37. The molecular formula is C29H41IN2S2Si2. The second-order valence-corrected chi connectivity index (χ2v) is 25.3. The maximum Gasteiger partial charge on any atom is 0.262 e. The van der Waals surface area contributed by atoms with Gasteiger partial charge in [0, 0.05) is 46.2 Å². The Morgan fingerprint density at radius 1 is 0.861 bits per heavy atom. The molecule has 36 heavy (non-hydrogen) atoms. The van der Waals surface area contributed by atoms with Crippen molar-refractivity contribution in [1.29, 1.82) is 0 Å². The van der Waals surface area contributed by atoms with Crippen molar-refractivity contribution in [2.75, 3.05) is 11.4 Å². The van der Waals surface area contributed by atoms with Gasteiger partial charge in [-0.2, -0.15) is 4.57 Å². The first-order chi connectivity index (χ1) is 16.6. The van der Waals surface area contributed by atoms with Crippen LogP contribution in [0.3, 0.4) is 0 Å². The van der Waals surface area contributed by atoms with E-state index in [9.17, 15) is 0 Å². The van der Waals surface area contributed by atoms with Crippen LogP contribution in [-0.2, 0) is 6.54 Å². The number of rotatable bonds is 10. The van der Waals surface area contributed by atoms with Crippen LogP contribution in [0, 0.1) is 0 Å². The smallest absolute Gasteiger partial charge is 0.262 e. The molecule has 1 aliphatic heterocycles. The second-order valence-electron chi connectivity index (χ2n) is 12.0. The molecule has 0 spiro atoms. The van der Waals surface area contributed by atoms with E-state index >= 15 is 0 Å². The second kappa shape index (κ2) is 12.8. The number of aryl methyl sites for hydroxylation is 1. The number of halogens is 1. The van der Waals surface area contributed by atoms with E-state index in [2.05, 4.69) is 116 Å².